The molecule has 2 aliphatic rings. The van der Waals surface area contributed by atoms with E-state index in [4.69, 9.17) is 15.0 Å². The van der Waals surface area contributed by atoms with Gasteiger partial charge in [0, 0.05) is 17.5 Å². The van der Waals surface area contributed by atoms with E-state index in [-0.39, 0.29) is 5.60 Å². The molecule has 3 aromatic rings. The SMILES string of the molecule is NN=c1cc(-c2ccccc2)c2cc3c(cc2o1)OC1(CCCCC1)CC3. The maximum absolute atomic E-state index is 6.57. The smallest absolute Gasteiger partial charge is 0.236 e. The normalized spacial score (nSPS) is 19.0. The van der Waals surface area contributed by atoms with Gasteiger partial charge in [-0.15, -0.1) is 5.10 Å². The molecule has 0 saturated heterocycles. The quantitative estimate of drug-likeness (QED) is 0.496. The summed E-state index contributed by atoms with van der Waals surface area (Å²) in [6.07, 6.45) is 8.35. The first kappa shape index (κ1) is 16.4. The third-order valence-electron chi connectivity index (χ3n) is 6.09. The Morgan fingerprint density at radius 2 is 1.74 bits per heavy atom. The predicted octanol–water partition coefficient (Wildman–Crippen LogP) is 4.90. The number of nitrogens with two attached hydrogens (primary N) is 1. The van der Waals surface area contributed by atoms with Crippen LogP contribution in [0.4, 0.5) is 0 Å². The van der Waals surface area contributed by atoms with Gasteiger partial charge in [-0.25, -0.2) is 0 Å². The minimum Gasteiger partial charge on any atom is -0.487 e. The summed E-state index contributed by atoms with van der Waals surface area (Å²) in [5, 5.41) is 4.87. The molecule has 1 saturated carbocycles. The third-order valence-corrected chi connectivity index (χ3v) is 6.09. The molecule has 5 rings (SSSR count). The minimum atomic E-state index is 0.0248. The highest BCUT2D eigenvalue weighted by Crippen LogP contribution is 2.43. The number of hydrogen-bond acceptors (Lipinski definition) is 4. The fourth-order valence-corrected chi connectivity index (χ4v) is 4.65. The fourth-order valence-electron chi connectivity index (χ4n) is 4.65. The zero-order chi connectivity index (χ0) is 18.3. The molecule has 2 heterocycles. The van der Waals surface area contributed by atoms with Crippen molar-refractivity contribution in [3.63, 3.8) is 0 Å². The van der Waals surface area contributed by atoms with Crippen LogP contribution in [0.1, 0.15) is 44.1 Å². The largest absolute Gasteiger partial charge is 0.487 e. The minimum absolute atomic E-state index is 0.0248. The highest BCUT2D eigenvalue weighted by molar-refractivity contribution is 5.94. The Morgan fingerprint density at radius 3 is 2.52 bits per heavy atom. The van der Waals surface area contributed by atoms with E-state index in [0.717, 1.165) is 53.5 Å². The van der Waals surface area contributed by atoms with Crippen LogP contribution in [0.3, 0.4) is 0 Å². The molecule has 1 aliphatic heterocycles. The van der Waals surface area contributed by atoms with Crippen molar-refractivity contribution in [3.05, 3.63) is 59.6 Å². The molecular weight excluding hydrogens is 336 g/mol. The molecule has 0 bridgehead atoms. The van der Waals surface area contributed by atoms with Gasteiger partial charge in [-0.3, -0.25) is 0 Å². The lowest BCUT2D eigenvalue weighted by atomic mass is 9.79. The van der Waals surface area contributed by atoms with Gasteiger partial charge in [0.2, 0.25) is 5.55 Å². The summed E-state index contributed by atoms with van der Waals surface area (Å²) in [6.45, 7) is 0. The lowest BCUT2D eigenvalue weighted by Gasteiger charge is -2.41. The second-order valence-electron chi connectivity index (χ2n) is 7.80. The second-order valence-corrected chi connectivity index (χ2v) is 7.80. The Hall–Kier alpha value is -2.75. The van der Waals surface area contributed by atoms with E-state index >= 15 is 0 Å². The molecule has 2 N–H and O–H groups in total. The molecule has 1 aliphatic carbocycles. The Bertz CT molecular complexity index is 1050. The number of rotatable bonds is 1. The van der Waals surface area contributed by atoms with E-state index in [1.54, 1.807) is 0 Å². The Balaban J connectivity index is 1.67. The summed E-state index contributed by atoms with van der Waals surface area (Å²) < 4.78 is 12.5. The molecule has 1 spiro atoms. The van der Waals surface area contributed by atoms with Crippen LogP contribution in [0.25, 0.3) is 22.1 Å². The Morgan fingerprint density at radius 1 is 0.926 bits per heavy atom. The average molecular weight is 360 g/mol. The van der Waals surface area contributed by atoms with Crippen molar-refractivity contribution in [1.82, 2.24) is 0 Å². The number of nitrogens with zero attached hydrogens (tertiary/aromatic N) is 1. The van der Waals surface area contributed by atoms with Gasteiger partial charge in [-0.2, -0.15) is 0 Å². The average Bonchev–Trinajstić information content (AvgIpc) is 2.72. The molecule has 138 valence electrons. The van der Waals surface area contributed by atoms with Gasteiger partial charge in [0.25, 0.3) is 0 Å². The summed E-state index contributed by atoms with van der Waals surface area (Å²) in [5.74, 6) is 6.50. The first-order valence-corrected chi connectivity index (χ1v) is 9.86. The van der Waals surface area contributed by atoms with Crippen LogP contribution in [0, 0.1) is 0 Å². The van der Waals surface area contributed by atoms with Crippen LogP contribution in [0.15, 0.2) is 58.0 Å². The van der Waals surface area contributed by atoms with Gasteiger partial charge in [-0.05, 0) is 61.3 Å². The topological polar surface area (TPSA) is 60.8 Å². The first-order valence-electron chi connectivity index (χ1n) is 9.86. The maximum Gasteiger partial charge on any atom is 0.236 e. The van der Waals surface area contributed by atoms with E-state index in [0.29, 0.717) is 5.55 Å². The molecule has 4 nitrogen and oxygen atoms in total. The molecule has 2 aromatic carbocycles. The molecule has 1 fully saturated rings. The van der Waals surface area contributed by atoms with E-state index in [9.17, 15) is 0 Å². The van der Waals surface area contributed by atoms with Crippen molar-refractivity contribution in [3.8, 4) is 16.9 Å². The van der Waals surface area contributed by atoms with E-state index < -0.39 is 0 Å². The summed E-state index contributed by atoms with van der Waals surface area (Å²) in [5.41, 5.74) is 4.70. The van der Waals surface area contributed by atoms with Crippen LogP contribution in [0.5, 0.6) is 5.75 Å². The number of hydrogen-bond donors (Lipinski definition) is 1. The maximum atomic E-state index is 6.57. The number of fused-ring (bicyclic) bond motifs is 2. The van der Waals surface area contributed by atoms with Gasteiger partial charge in [-0.1, -0.05) is 36.8 Å². The molecule has 4 heteroatoms. The second kappa shape index (κ2) is 6.45. The zero-order valence-corrected chi connectivity index (χ0v) is 15.4. The van der Waals surface area contributed by atoms with Gasteiger partial charge < -0.3 is 15.0 Å². The number of aryl methyl sites for hydroxylation is 1. The van der Waals surface area contributed by atoms with Gasteiger partial charge >= 0.3 is 0 Å². The molecule has 0 unspecified atom stereocenters. The number of benzene rings is 2. The van der Waals surface area contributed by atoms with Crippen LogP contribution in [0.2, 0.25) is 0 Å². The first-order chi connectivity index (χ1) is 13.3. The fraction of sp³-hybridized carbons (Fsp3) is 0.348. The van der Waals surface area contributed by atoms with Crippen LogP contribution in [-0.2, 0) is 6.42 Å². The summed E-state index contributed by atoms with van der Waals surface area (Å²) in [7, 11) is 0. The summed E-state index contributed by atoms with van der Waals surface area (Å²) in [4.78, 5) is 0. The highest BCUT2D eigenvalue weighted by atomic mass is 16.5. The van der Waals surface area contributed by atoms with Crippen molar-refractivity contribution < 1.29 is 9.15 Å². The van der Waals surface area contributed by atoms with Crippen LogP contribution < -0.4 is 16.1 Å². The molecule has 27 heavy (non-hydrogen) atoms. The molecule has 0 atom stereocenters. The highest BCUT2D eigenvalue weighted by Gasteiger charge is 2.37. The van der Waals surface area contributed by atoms with Crippen LogP contribution >= 0.6 is 0 Å². The molecule has 0 radical (unpaired) electrons. The van der Waals surface area contributed by atoms with Gasteiger partial charge in [0.15, 0.2) is 0 Å². The monoisotopic (exact) mass is 360 g/mol. The standard InChI is InChI=1S/C23H24N2O2/c24-25-22-14-18(16-7-3-1-4-8-16)19-13-17-9-12-23(10-5-2-6-11-23)27-20(17)15-21(19)26-22/h1,3-4,7-8,13-15H,2,5-6,9-12,24H2. The van der Waals surface area contributed by atoms with E-state index in [2.05, 4.69) is 23.3 Å². The van der Waals surface area contributed by atoms with Crippen molar-refractivity contribution >= 4 is 11.0 Å². The lowest BCUT2D eigenvalue weighted by Crippen LogP contribution is -2.41. The third kappa shape index (κ3) is 2.89. The summed E-state index contributed by atoms with van der Waals surface area (Å²) >= 11 is 0. The van der Waals surface area contributed by atoms with Crippen molar-refractivity contribution in [2.75, 3.05) is 0 Å². The van der Waals surface area contributed by atoms with Crippen molar-refractivity contribution in [2.45, 2.75) is 50.5 Å². The van der Waals surface area contributed by atoms with E-state index in [1.165, 1.54) is 24.8 Å². The van der Waals surface area contributed by atoms with Gasteiger partial charge in [0.05, 0.1) is 0 Å². The Kier molecular flexibility index (Phi) is 3.92. The van der Waals surface area contributed by atoms with Crippen LogP contribution in [-0.4, -0.2) is 5.60 Å². The molecule has 0 amide bonds. The lowest BCUT2D eigenvalue weighted by molar-refractivity contribution is 0.0109. The van der Waals surface area contributed by atoms with Crippen molar-refractivity contribution in [1.29, 1.82) is 0 Å². The molecule has 1 aromatic heterocycles. The summed E-state index contributed by atoms with van der Waals surface area (Å²) in [6, 6.07) is 16.5. The molecular formula is C23H24N2O2. The predicted molar refractivity (Wildman–Crippen MR) is 106 cm³/mol. The van der Waals surface area contributed by atoms with E-state index in [1.807, 2.05) is 30.3 Å². The number of ether oxygens (including phenoxy) is 1. The Labute approximate surface area is 158 Å². The van der Waals surface area contributed by atoms with Gasteiger partial charge in [0.1, 0.15) is 16.9 Å². The zero-order valence-electron chi connectivity index (χ0n) is 15.4. The van der Waals surface area contributed by atoms with Crippen molar-refractivity contribution in [2.24, 2.45) is 10.9 Å².